The molecular weight excluding hydrogens is 503 g/mol. The van der Waals surface area contributed by atoms with E-state index in [1.165, 1.54) is 0 Å². The van der Waals surface area contributed by atoms with Gasteiger partial charge in [0.25, 0.3) is 0 Å². The fourth-order valence-corrected chi connectivity index (χ4v) is 3.31. The molecule has 0 saturated heterocycles. The molecule has 36 heavy (non-hydrogen) atoms. The molecule has 0 saturated carbocycles. The summed E-state index contributed by atoms with van der Waals surface area (Å²) in [5.74, 6) is 0.0285. The lowest BCUT2D eigenvalue weighted by Crippen LogP contribution is -2.39. The molecule has 0 aliphatic carbocycles. The van der Waals surface area contributed by atoms with Crippen LogP contribution in [0, 0.1) is 0 Å². The first-order valence-corrected chi connectivity index (χ1v) is 12.0. The van der Waals surface area contributed by atoms with Gasteiger partial charge in [0.2, 0.25) is 0 Å². The van der Waals surface area contributed by atoms with Gasteiger partial charge in [-0.05, 0) is 87.4 Å². The summed E-state index contributed by atoms with van der Waals surface area (Å²) in [7, 11) is 0. The normalized spacial score (nSPS) is 11.5. The third-order valence-corrected chi connectivity index (χ3v) is 5.62. The number of ether oxygens (including phenoxy) is 4. The highest BCUT2D eigenvalue weighted by atomic mass is 35.5. The molecule has 0 atom stereocenters. The van der Waals surface area contributed by atoms with Crippen LogP contribution in [0.3, 0.4) is 0 Å². The zero-order valence-electron chi connectivity index (χ0n) is 20.5. The molecule has 0 aliphatic rings. The molecule has 0 heterocycles. The zero-order valence-corrected chi connectivity index (χ0v) is 22.1. The Labute approximate surface area is 221 Å². The number of esters is 2. The summed E-state index contributed by atoms with van der Waals surface area (Å²) < 4.78 is 22.4. The highest BCUT2D eigenvalue weighted by molar-refractivity contribution is 6.30. The molecule has 8 heteroatoms. The maximum absolute atomic E-state index is 12.5. The maximum Gasteiger partial charge on any atom is 0.350 e. The highest BCUT2D eigenvalue weighted by Gasteiger charge is 2.33. The van der Waals surface area contributed by atoms with E-state index in [0.29, 0.717) is 21.5 Å². The van der Waals surface area contributed by atoms with Crippen LogP contribution in [0.5, 0.6) is 11.5 Å². The Morgan fingerprint density at radius 3 is 1.19 bits per heavy atom. The number of halogens is 2. The van der Waals surface area contributed by atoms with Gasteiger partial charge in [-0.15, -0.1) is 0 Å². The summed E-state index contributed by atoms with van der Waals surface area (Å²) in [5, 5.41) is 1.16. The first-order valence-electron chi connectivity index (χ1n) is 11.3. The molecule has 0 aliphatic heterocycles. The van der Waals surface area contributed by atoms with Crippen LogP contribution >= 0.6 is 23.2 Å². The minimum atomic E-state index is -1.18. The Kier molecular flexibility index (Phi) is 8.88. The molecule has 3 aromatic carbocycles. The third kappa shape index (κ3) is 7.90. The molecule has 0 unspecified atom stereocenters. The van der Waals surface area contributed by atoms with Crippen LogP contribution < -0.4 is 9.47 Å². The second-order valence-corrected chi connectivity index (χ2v) is 9.97. The van der Waals surface area contributed by atoms with Gasteiger partial charge in [-0.3, -0.25) is 0 Å². The Bertz CT molecular complexity index is 1080. The fraction of sp³-hybridized carbons (Fsp3) is 0.286. The van der Waals surface area contributed by atoms with E-state index in [1.807, 2.05) is 0 Å². The van der Waals surface area contributed by atoms with Crippen LogP contribution in [0.2, 0.25) is 10.0 Å². The van der Waals surface area contributed by atoms with Gasteiger partial charge in [-0.2, -0.15) is 0 Å². The zero-order chi connectivity index (χ0) is 26.3. The predicted molar refractivity (Wildman–Crippen MR) is 138 cm³/mol. The van der Waals surface area contributed by atoms with E-state index in [9.17, 15) is 9.59 Å². The van der Waals surface area contributed by atoms with Gasteiger partial charge in [0.05, 0.1) is 0 Å². The van der Waals surface area contributed by atoms with Crippen molar-refractivity contribution in [3.63, 3.8) is 0 Å². The number of carbonyl (C=O) groups is 2. The van der Waals surface area contributed by atoms with E-state index < -0.39 is 23.1 Å². The molecular formula is C28H28Cl2O6. The van der Waals surface area contributed by atoms with Crippen LogP contribution in [0.1, 0.15) is 38.8 Å². The number of hydrogen-bond donors (Lipinski definition) is 0. The standard InChI is InChI=1S/C28H28Cl2O6/c1-27(2,35-23-13-9-21(29)10-14-23)25(31)33-17-19-5-7-20(8-6-19)18-34-26(32)28(3,4)36-24-15-11-22(30)12-16-24/h5-16H,17-18H2,1-4H3. The Balaban J connectivity index is 1.47. The van der Waals surface area contributed by atoms with Crippen molar-refractivity contribution in [2.45, 2.75) is 52.1 Å². The van der Waals surface area contributed by atoms with Crippen molar-refractivity contribution in [1.29, 1.82) is 0 Å². The summed E-state index contributed by atoms with van der Waals surface area (Å²) in [5.41, 5.74) is -0.787. The van der Waals surface area contributed by atoms with Gasteiger partial charge in [0.1, 0.15) is 24.7 Å². The van der Waals surface area contributed by atoms with Gasteiger partial charge in [-0.25, -0.2) is 9.59 Å². The molecule has 0 N–H and O–H groups in total. The summed E-state index contributed by atoms with van der Waals surface area (Å²) in [6.07, 6.45) is 0. The van der Waals surface area contributed by atoms with Crippen LogP contribution in [0.15, 0.2) is 72.8 Å². The van der Waals surface area contributed by atoms with Gasteiger partial charge < -0.3 is 18.9 Å². The van der Waals surface area contributed by atoms with Crippen LogP contribution in [-0.4, -0.2) is 23.1 Å². The van der Waals surface area contributed by atoms with Crippen molar-refractivity contribution in [3.05, 3.63) is 94.0 Å². The average Bonchev–Trinajstić information content (AvgIpc) is 2.84. The monoisotopic (exact) mass is 530 g/mol. The quantitative estimate of drug-likeness (QED) is 0.268. The molecule has 0 spiro atoms. The van der Waals surface area contributed by atoms with Crippen molar-refractivity contribution in [3.8, 4) is 11.5 Å². The van der Waals surface area contributed by atoms with Crippen molar-refractivity contribution < 1.29 is 28.5 Å². The summed E-state index contributed by atoms with van der Waals surface area (Å²) in [4.78, 5) is 25.1. The number of carbonyl (C=O) groups excluding carboxylic acids is 2. The number of hydrogen-bond acceptors (Lipinski definition) is 6. The fourth-order valence-electron chi connectivity index (χ4n) is 3.05. The van der Waals surface area contributed by atoms with E-state index in [-0.39, 0.29) is 13.2 Å². The summed E-state index contributed by atoms with van der Waals surface area (Å²) in [6, 6.07) is 20.7. The Morgan fingerprint density at radius 2 is 0.889 bits per heavy atom. The summed E-state index contributed by atoms with van der Waals surface area (Å²) in [6.45, 7) is 6.71. The lowest BCUT2D eigenvalue weighted by molar-refractivity contribution is -0.161. The number of rotatable bonds is 10. The van der Waals surface area contributed by atoms with E-state index in [2.05, 4.69) is 0 Å². The van der Waals surface area contributed by atoms with Gasteiger partial charge in [0.15, 0.2) is 11.2 Å². The molecule has 0 aromatic heterocycles. The van der Waals surface area contributed by atoms with Crippen LogP contribution in [-0.2, 0) is 32.3 Å². The second-order valence-electron chi connectivity index (χ2n) is 9.10. The number of benzene rings is 3. The van der Waals surface area contributed by atoms with Crippen molar-refractivity contribution in [1.82, 2.24) is 0 Å². The molecule has 6 nitrogen and oxygen atoms in total. The molecule has 0 fully saturated rings. The van der Waals surface area contributed by atoms with E-state index >= 15 is 0 Å². The largest absolute Gasteiger partial charge is 0.476 e. The molecule has 0 radical (unpaired) electrons. The lowest BCUT2D eigenvalue weighted by Gasteiger charge is -2.24. The highest BCUT2D eigenvalue weighted by Crippen LogP contribution is 2.23. The topological polar surface area (TPSA) is 71.1 Å². The maximum atomic E-state index is 12.5. The molecule has 0 bridgehead atoms. The SMILES string of the molecule is CC(C)(Oc1ccc(Cl)cc1)C(=O)OCc1ccc(COC(=O)C(C)(C)Oc2ccc(Cl)cc2)cc1. The Hall–Kier alpha value is -3.22. The molecule has 3 aromatic rings. The smallest absolute Gasteiger partial charge is 0.350 e. The summed E-state index contributed by atoms with van der Waals surface area (Å²) >= 11 is 11.8. The third-order valence-electron chi connectivity index (χ3n) is 5.12. The lowest BCUT2D eigenvalue weighted by atomic mass is 10.1. The Morgan fingerprint density at radius 1 is 0.583 bits per heavy atom. The van der Waals surface area contributed by atoms with E-state index in [4.69, 9.17) is 42.1 Å². The average molecular weight is 531 g/mol. The minimum absolute atomic E-state index is 0.0777. The van der Waals surface area contributed by atoms with Crippen molar-refractivity contribution in [2.75, 3.05) is 0 Å². The van der Waals surface area contributed by atoms with Gasteiger partial charge >= 0.3 is 11.9 Å². The van der Waals surface area contributed by atoms with Gasteiger partial charge in [-0.1, -0.05) is 47.5 Å². The van der Waals surface area contributed by atoms with Crippen molar-refractivity contribution >= 4 is 35.1 Å². The van der Waals surface area contributed by atoms with E-state index in [0.717, 1.165) is 11.1 Å². The van der Waals surface area contributed by atoms with Crippen LogP contribution in [0.25, 0.3) is 0 Å². The first-order chi connectivity index (χ1) is 16.9. The predicted octanol–water partition coefficient (Wildman–Crippen LogP) is 6.80. The second kappa shape index (κ2) is 11.7. The van der Waals surface area contributed by atoms with Crippen LogP contribution in [0.4, 0.5) is 0 Å². The van der Waals surface area contributed by atoms with Gasteiger partial charge in [0, 0.05) is 10.0 Å². The van der Waals surface area contributed by atoms with E-state index in [1.54, 1.807) is 100 Å². The van der Waals surface area contributed by atoms with Crippen molar-refractivity contribution in [2.24, 2.45) is 0 Å². The first kappa shape index (κ1) is 27.4. The molecule has 3 rings (SSSR count). The molecule has 190 valence electrons. The molecule has 0 amide bonds. The minimum Gasteiger partial charge on any atom is -0.476 e.